The number of carboxylic acid groups (broad SMARTS) is 1. The van der Waals surface area contributed by atoms with Crippen LogP contribution in [0.5, 0.6) is 5.88 Å². The number of ether oxygens (including phenoxy) is 1. The summed E-state index contributed by atoms with van der Waals surface area (Å²) in [5.41, 5.74) is 0.302. The molecule has 1 aromatic carbocycles. The fraction of sp³-hybridized carbons (Fsp3) is 0. The molecule has 0 amide bonds. The third-order valence-electron chi connectivity index (χ3n) is 2.11. The van der Waals surface area contributed by atoms with Crippen LogP contribution < -0.4 is 4.74 Å². The Labute approximate surface area is 103 Å². The number of carbonyl (C=O) groups is 2. The Hall–Kier alpha value is -2.69. The van der Waals surface area contributed by atoms with Crippen LogP contribution in [0.4, 0.5) is 0 Å². The number of nitrogens with zero attached hydrogens (tertiary/aromatic N) is 1. The molecule has 0 atom stereocenters. The number of carboxylic acids is 1. The van der Waals surface area contributed by atoms with Gasteiger partial charge in [0.25, 0.3) is 0 Å². The minimum absolute atomic E-state index is 0.00820. The van der Waals surface area contributed by atoms with Gasteiger partial charge in [0.2, 0.25) is 5.88 Å². The monoisotopic (exact) mass is 242 g/mol. The number of aromatic nitrogens is 1. The average molecular weight is 242 g/mol. The molecule has 0 fully saturated rings. The quantitative estimate of drug-likeness (QED) is 0.830. The first-order valence-corrected chi connectivity index (χ1v) is 5.05. The summed E-state index contributed by atoms with van der Waals surface area (Å²) in [5.74, 6) is -1.68. The highest BCUT2D eigenvalue weighted by Gasteiger charge is 2.09. The number of hydrogen-bond donors (Lipinski definition) is 1. The van der Waals surface area contributed by atoms with Crippen molar-refractivity contribution in [3.63, 3.8) is 0 Å². The Kier molecular flexibility index (Phi) is 3.33. The van der Waals surface area contributed by atoms with E-state index in [0.29, 0.717) is 5.56 Å². The number of benzene rings is 1. The molecule has 0 aliphatic heterocycles. The van der Waals surface area contributed by atoms with E-state index in [2.05, 4.69) is 11.1 Å². The lowest BCUT2D eigenvalue weighted by Gasteiger charge is -2.02. The lowest BCUT2D eigenvalue weighted by Crippen LogP contribution is -2.09. The molecule has 0 unspecified atom stereocenters. The van der Waals surface area contributed by atoms with Crippen LogP contribution in [-0.4, -0.2) is 22.0 Å². The van der Waals surface area contributed by atoms with E-state index in [9.17, 15) is 9.59 Å². The van der Waals surface area contributed by atoms with Gasteiger partial charge in [0.15, 0.2) is 0 Å². The summed E-state index contributed by atoms with van der Waals surface area (Å²) >= 11 is 0. The summed E-state index contributed by atoms with van der Waals surface area (Å²) in [4.78, 5) is 25.9. The summed E-state index contributed by atoms with van der Waals surface area (Å²) in [6, 6.07) is 12.1. The summed E-state index contributed by atoms with van der Waals surface area (Å²) in [6.07, 6.45) is 1.08. The maximum absolute atomic E-state index is 11.6. The Morgan fingerprint density at radius 3 is 2.50 bits per heavy atom. The van der Waals surface area contributed by atoms with Crippen LogP contribution in [0, 0.1) is 6.07 Å². The van der Waals surface area contributed by atoms with E-state index in [4.69, 9.17) is 9.84 Å². The van der Waals surface area contributed by atoms with E-state index in [-0.39, 0.29) is 11.4 Å². The molecule has 89 valence electrons. The van der Waals surface area contributed by atoms with Crippen LogP contribution in [0.15, 0.2) is 42.6 Å². The fourth-order valence-corrected chi connectivity index (χ4v) is 1.24. The van der Waals surface area contributed by atoms with Crippen LogP contribution in [-0.2, 0) is 0 Å². The van der Waals surface area contributed by atoms with Crippen LogP contribution in [0.2, 0.25) is 0 Å². The molecule has 1 radical (unpaired) electrons. The van der Waals surface area contributed by atoms with Gasteiger partial charge in [-0.05, 0) is 12.1 Å². The van der Waals surface area contributed by atoms with Gasteiger partial charge in [0.1, 0.15) is 0 Å². The second kappa shape index (κ2) is 5.09. The predicted molar refractivity (Wildman–Crippen MR) is 61.4 cm³/mol. The van der Waals surface area contributed by atoms with Gasteiger partial charge in [-0.3, -0.25) is 0 Å². The molecule has 0 bridgehead atoms. The topological polar surface area (TPSA) is 76.5 Å². The number of carbonyl (C=O) groups excluding carboxylic acids is 1. The van der Waals surface area contributed by atoms with Crippen molar-refractivity contribution in [1.29, 1.82) is 0 Å². The zero-order chi connectivity index (χ0) is 13.0. The third-order valence-corrected chi connectivity index (χ3v) is 2.11. The molecule has 0 spiro atoms. The van der Waals surface area contributed by atoms with Crippen molar-refractivity contribution in [3.8, 4) is 5.88 Å². The molecule has 0 saturated heterocycles. The second-order valence-electron chi connectivity index (χ2n) is 3.36. The van der Waals surface area contributed by atoms with Gasteiger partial charge < -0.3 is 9.84 Å². The van der Waals surface area contributed by atoms with E-state index in [1.54, 1.807) is 30.3 Å². The minimum atomic E-state index is -1.14. The molecule has 0 aliphatic carbocycles. The zero-order valence-electron chi connectivity index (χ0n) is 9.16. The van der Waals surface area contributed by atoms with Gasteiger partial charge in [-0.25, -0.2) is 14.6 Å². The molecule has 1 heterocycles. The van der Waals surface area contributed by atoms with Crippen molar-refractivity contribution in [3.05, 3.63) is 59.8 Å². The molecule has 5 nitrogen and oxygen atoms in total. The Bertz CT molecular complexity index is 563. The van der Waals surface area contributed by atoms with Crippen molar-refractivity contribution in [2.45, 2.75) is 0 Å². The van der Waals surface area contributed by atoms with Crippen LogP contribution in [0.1, 0.15) is 20.7 Å². The molecular formula is C13H8NO4. The largest absolute Gasteiger partial charge is 0.478 e. The van der Waals surface area contributed by atoms with E-state index in [1.807, 2.05) is 0 Å². The average Bonchev–Trinajstić information content (AvgIpc) is 2.40. The number of hydrogen-bond acceptors (Lipinski definition) is 4. The molecule has 2 rings (SSSR count). The molecular weight excluding hydrogens is 234 g/mol. The van der Waals surface area contributed by atoms with Gasteiger partial charge in [0, 0.05) is 18.3 Å². The highest BCUT2D eigenvalue weighted by atomic mass is 16.5. The van der Waals surface area contributed by atoms with E-state index >= 15 is 0 Å². The maximum atomic E-state index is 11.6. The first-order valence-electron chi connectivity index (χ1n) is 5.05. The van der Waals surface area contributed by atoms with Crippen LogP contribution in [0.3, 0.4) is 0 Å². The lowest BCUT2D eigenvalue weighted by molar-refractivity contribution is 0.0695. The van der Waals surface area contributed by atoms with Gasteiger partial charge in [0.05, 0.1) is 11.1 Å². The molecule has 0 aliphatic rings. The fourth-order valence-electron chi connectivity index (χ4n) is 1.24. The summed E-state index contributed by atoms with van der Waals surface area (Å²) in [7, 11) is 0. The predicted octanol–water partition coefficient (Wildman–Crippen LogP) is 1.80. The molecule has 0 saturated carbocycles. The highest BCUT2D eigenvalue weighted by Crippen LogP contribution is 2.10. The normalized spacial score (nSPS) is 9.78. The van der Waals surface area contributed by atoms with E-state index in [0.717, 1.165) is 6.20 Å². The van der Waals surface area contributed by atoms with E-state index in [1.165, 1.54) is 6.07 Å². The smallest absolute Gasteiger partial charge is 0.344 e. The number of rotatable bonds is 3. The standard InChI is InChI=1S/C13H8NO4/c15-12(16)10-6-7-11(14-8-10)18-13(17)9-4-2-1-3-5-9/h1-5,7-8H,(H,15,16). The van der Waals surface area contributed by atoms with Crippen molar-refractivity contribution in [2.24, 2.45) is 0 Å². The Morgan fingerprint density at radius 1 is 1.22 bits per heavy atom. The van der Waals surface area contributed by atoms with Gasteiger partial charge in [-0.15, -0.1) is 0 Å². The lowest BCUT2D eigenvalue weighted by atomic mass is 10.2. The molecule has 18 heavy (non-hydrogen) atoms. The zero-order valence-corrected chi connectivity index (χ0v) is 9.16. The van der Waals surface area contributed by atoms with E-state index < -0.39 is 11.9 Å². The Morgan fingerprint density at radius 2 is 1.94 bits per heavy atom. The number of esters is 1. The maximum Gasteiger partial charge on any atom is 0.344 e. The van der Waals surface area contributed by atoms with Crippen molar-refractivity contribution >= 4 is 11.9 Å². The number of aromatic carboxylic acids is 1. The molecule has 2 aromatic rings. The first kappa shape index (κ1) is 11.8. The van der Waals surface area contributed by atoms with Crippen molar-refractivity contribution in [1.82, 2.24) is 4.98 Å². The molecule has 5 heteroatoms. The Balaban J connectivity index is 2.10. The van der Waals surface area contributed by atoms with Crippen LogP contribution in [0.25, 0.3) is 0 Å². The minimum Gasteiger partial charge on any atom is -0.478 e. The first-order chi connectivity index (χ1) is 8.66. The number of pyridine rings is 1. The van der Waals surface area contributed by atoms with Gasteiger partial charge >= 0.3 is 11.9 Å². The summed E-state index contributed by atoms with van der Waals surface area (Å²) in [6.45, 7) is 0. The van der Waals surface area contributed by atoms with Crippen molar-refractivity contribution < 1.29 is 19.4 Å². The van der Waals surface area contributed by atoms with Gasteiger partial charge in [-0.2, -0.15) is 0 Å². The third kappa shape index (κ3) is 2.70. The highest BCUT2D eigenvalue weighted by molar-refractivity contribution is 5.91. The van der Waals surface area contributed by atoms with Gasteiger partial charge in [-0.1, -0.05) is 18.2 Å². The second-order valence-corrected chi connectivity index (χ2v) is 3.36. The van der Waals surface area contributed by atoms with Crippen molar-refractivity contribution in [2.75, 3.05) is 0 Å². The SMILES string of the molecule is O=C(O)c1[c]cc(OC(=O)c2ccccc2)nc1. The summed E-state index contributed by atoms with van der Waals surface area (Å²) < 4.78 is 4.96. The van der Waals surface area contributed by atoms with Crippen LogP contribution >= 0.6 is 0 Å². The molecule has 1 N–H and O–H groups in total. The molecule has 1 aromatic heterocycles. The summed E-state index contributed by atoms with van der Waals surface area (Å²) in [5, 5.41) is 8.66.